The van der Waals surface area contributed by atoms with Crippen LogP contribution in [-0.2, 0) is 11.3 Å². The van der Waals surface area contributed by atoms with Crippen molar-refractivity contribution in [3.8, 4) is 0 Å². The van der Waals surface area contributed by atoms with Crippen LogP contribution in [0, 0.1) is 0 Å². The van der Waals surface area contributed by atoms with Gasteiger partial charge in [-0.05, 0) is 47.5 Å². The summed E-state index contributed by atoms with van der Waals surface area (Å²) in [6, 6.07) is 25.3. The lowest BCUT2D eigenvalue weighted by Gasteiger charge is -2.24. The molecule has 3 aromatic carbocycles. The highest BCUT2D eigenvalue weighted by molar-refractivity contribution is 8.00. The van der Waals surface area contributed by atoms with Crippen LogP contribution in [0.15, 0.2) is 83.8 Å². The van der Waals surface area contributed by atoms with Gasteiger partial charge in [0, 0.05) is 34.3 Å². The van der Waals surface area contributed by atoms with Gasteiger partial charge in [0.2, 0.25) is 5.91 Å². The Bertz CT molecular complexity index is 1060. The zero-order valence-electron chi connectivity index (χ0n) is 17.4. The maximum absolute atomic E-state index is 12.5. The van der Waals surface area contributed by atoms with Crippen molar-refractivity contribution in [2.45, 2.75) is 16.8 Å². The van der Waals surface area contributed by atoms with Crippen molar-refractivity contribution >= 4 is 46.9 Å². The van der Waals surface area contributed by atoms with E-state index in [0.717, 1.165) is 16.9 Å². The standard InChI is InChI=1S/C25H23ClN2O2S2/c26-21-12-6-18(7-13-21)16-28-23(29)17-32-25(28)20-10-8-19(9-11-20)24(30)27-14-15-31-22-4-2-1-3-5-22/h1-13,25H,14-17H2,(H,27,30)/t25-/m1/s1. The molecule has 0 saturated carbocycles. The predicted octanol–water partition coefficient (Wildman–Crippen LogP) is 5.64. The lowest BCUT2D eigenvalue weighted by Crippen LogP contribution is -2.28. The molecule has 1 N–H and O–H groups in total. The monoisotopic (exact) mass is 482 g/mol. The molecule has 1 atom stereocenters. The van der Waals surface area contributed by atoms with E-state index in [-0.39, 0.29) is 17.2 Å². The fraction of sp³-hybridized carbons (Fsp3) is 0.200. The van der Waals surface area contributed by atoms with Gasteiger partial charge in [0.1, 0.15) is 5.37 Å². The molecule has 2 amide bonds. The Balaban J connectivity index is 1.33. The summed E-state index contributed by atoms with van der Waals surface area (Å²) in [7, 11) is 0. The van der Waals surface area contributed by atoms with Crippen LogP contribution in [-0.4, -0.2) is 34.8 Å². The summed E-state index contributed by atoms with van der Waals surface area (Å²) < 4.78 is 0. The SMILES string of the molecule is O=C(NCCSc1ccccc1)c1ccc([C@H]2SCC(=O)N2Cc2ccc(Cl)cc2)cc1. The van der Waals surface area contributed by atoms with Gasteiger partial charge in [-0.25, -0.2) is 0 Å². The summed E-state index contributed by atoms with van der Waals surface area (Å²) in [5.41, 5.74) is 2.68. The molecular formula is C25H23ClN2O2S2. The number of carbonyl (C=O) groups excluding carboxylic acids is 2. The second-order valence-electron chi connectivity index (χ2n) is 7.35. The van der Waals surface area contributed by atoms with Crippen LogP contribution in [0.5, 0.6) is 0 Å². The lowest BCUT2D eigenvalue weighted by molar-refractivity contribution is -0.128. The first-order chi connectivity index (χ1) is 15.6. The van der Waals surface area contributed by atoms with Gasteiger partial charge in [-0.2, -0.15) is 0 Å². The highest BCUT2D eigenvalue weighted by atomic mass is 35.5. The molecule has 1 aliphatic heterocycles. The molecule has 1 fully saturated rings. The van der Waals surface area contributed by atoms with Crippen LogP contribution in [0.3, 0.4) is 0 Å². The summed E-state index contributed by atoms with van der Waals surface area (Å²) in [5.74, 6) is 1.31. The first-order valence-corrected chi connectivity index (χ1v) is 12.7. The number of nitrogens with one attached hydrogen (secondary N) is 1. The third-order valence-electron chi connectivity index (χ3n) is 5.09. The maximum atomic E-state index is 12.5. The average molecular weight is 483 g/mol. The van der Waals surface area contributed by atoms with Gasteiger partial charge in [0.15, 0.2) is 0 Å². The number of nitrogens with zero attached hydrogens (tertiary/aromatic N) is 1. The first-order valence-electron chi connectivity index (χ1n) is 10.3. The number of amides is 2. The minimum atomic E-state index is -0.0848. The number of benzene rings is 3. The van der Waals surface area contributed by atoms with Crippen LogP contribution < -0.4 is 5.32 Å². The second kappa shape index (κ2) is 10.9. The Hall–Kier alpha value is -2.41. The summed E-state index contributed by atoms with van der Waals surface area (Å²) in [4.78, 5) is 28.0. The van der Waals surface area contributed by atoms with Crippen molar-refractivity contribution in [2.24, 2.45) is 0 Å². The van der Waals surface area contributed by atoms with Gasteiger partial charge < -0.3 is 10.2 Å². The van der Waals surface area contributed by atoms with E-state index in [0.29, 0.717) is 29.4 Å². The molecule has 0 spiro atoms. The molecule has 1 saturated heterocycles. The molecule has 4 nitrogen and oxygen atoms in total. The Morgan fingerprint density at radius 2 is 1.75 bits per heavy atom. The molecule has 1 aliphatic rings. The van der Waals surface area contributed by atoms with Crippen molar-refractivity contribution in [2.75, 3.05) is 18.1 Å². The molecule has 0 unspecified atom stereocenters. The quantitative estimate of drug-likeness (QED) is 0.333. The van der Waals surface area contributed by atoms with E-state index >= 15 is 0 Å². The van der Waals surface area contributed by atoms with Crippen LogP contribution >= 0.6 is 35.1 Å². The number of hydrogen-bond donors (Lipinski definition) is 1. The fourth-order valence-corrected chi connectivity index (χ4v) is 5.54. The molecule has 7 heteroatoms. The zero-order chi connectivity index (χ0) is 22.3. The van der Waals surface area contributed by atoms with Crippen LogP contribution in [0.25, 0.3) is 0 Å². The normalized spacial score (nSPS) is 15.7. The number of hydrogen-bond acceptors (Lipinski definition) is 4. The molecular weight excluding hydrogens is 460 g/mol. The van der Waals surface area contributed by atoms with E-state index in [9.17, 15) is 9.59 Å². The number of halogens is 1. The smallest absolute Gasteiger partial charge is 0.251 e. The van der Waals surface area contributed by atoms with Crippen molar-refractivity contribution < 1.29 is 9.59 Å². The minimum Gasteiger partial charge on any atom is -0.351 e. The molecule has 0 aromatic heterocycles. The Morgan fingerprint density at radius 3 is 2.47 bits per heavy atom. The maximum Gasteiger partial charge on any atom is 0.251 e. The Kier molecular flexibility index (Phi) is 7.79. The summed E-state index contributed by atoms with van der Waals surface area (Å²) in [6.45, 7) is 1.14. The molecule has 32 heavy (non-hydrogen) atoms. The molecule has 164 valence electrons. The van der Waals surface area contributed by atoms with E-state index in [1.807, 2.05) is 71.6 Å². The molecule has 0 radical (unpaired) electrons. The first kappa shape index (κ1) is 22.8. The summed E-state index contributed by atoms with van der Waals surface area (Å²) in [6.07, 6.45) is 0. The summed E-state index contributed by atoms with van der Waals surface area (Å²) >= 11 is 9.30. The molecule has 3 aromatic rings. The van der Waals surface area contributed by atoms with E-state index < -0.39 is 0 Å². The van der Waals surface area contributed by atoms with Crippen LogP contribution in [0.1, 0.15) is 26.9 Å². The van der Waals surface area contributed by atoms with E-state index in [1.165, 1.54) is 4.90 Å². The van der Waals surface area contributed by atoms with Gasteiger partial charge in [-0.3, -0.25) is 9.59 Å². The van der Waals surface area contributed by atoms with E-state index in [1.54, 1.807) is 23.5 Å². The van der Waals surface area contributed by atoms with Gasteiger partial charge >= 0.3 is 0 Å². The average Bonchev–Trinajstić information content (AvgIpc) is 3.19. The number of thioether (sulfide) groups is 2. The lowest BCUT2D eigenvalue weighted by atomic mass is 10.1. The van der Waals surface area contributed by atoms with Crippen molar-refractivity contribution in [3.05, 3.63) is 101 Å². The Labute approximate surface area is 201 Å². The van der Waals surface area contributed by atoms with Crippen molar-refractivity contribution in [1.82, 2.24) is 10.2 Å². The van der Waals surface area contributed by atoms with Crippen LogP contribution in [0.4, 0.5) is 0 Å². The molecule has 4 rings (SSSR count). The summed E-state index contributed by atoms with van der Waals surface area (Å²) in [5, 5.41) is 3.59. The van der Waals surface area contributed by atoms with Gasteiger partial charge in [0.05, 0.1) is 5.75 Å². The highest BCUT2D eigenvalue weighted by Crippen LogP contribution is 2.39. The Morgan fingerprint density at radius 1 is 1.03 bits per heavy atom. The largest absolute Gasteiger partial charge is 0.351 e. The van der Waals surface area contributed by atoms with E-state index in [4.69, 9.17) is 11.6 Å². The predicted molar refractivity (Wildman–Crippen MR) is 133 cm³/mol. The minimum absolute atomic E-state index is 0.0578. The second-order valence-corrected chi connectivity index (χ2v) is 10.0. The third kappa shape index (κ3) is 5.88. The van der Waals surface area contributed by atoms with Gasteiger partial charge in [0.25, 0.3) is 5.91 Å². The number of carbonyl (C=O) groups is 2. The van der Waals surface area contributed by atoms with E-state index in [2.05, 4.69) is 17.4 Å². The number of rotatable bonds is 8. The van der Waals surface area contributed by atoms with Gasteiger partial charge in [-0.15, -0.1) is 23.5 Å². The zero-order valence-corrected chi connectivity index (χ0v) is 19.8. The molecule has 0 aliphatic carbocycles. The third-order valence-corrected chi connectivity index (χ3v) is 7.61. The van der Waals surface area contributed by atoms with Gasteiger partial charge in [-0.1, -0.05) is 54.1 Å². The van der Waals surface area contributed by atoms with Crippen LogP contribution in [0.2, 0.25) is 5.02 Å². The topological polar surface area (TPSA) is 49.4 Å². The van der Waals surface area contributed by atoms with Crippen molar-refractivity contribution in [3.63, 3.8) is 0 Å². The van der Waals surface area contributed by atoms with Crippen molar-refractivity contribution in [1.29, 1.82) is 0 Å². The fourth-order valence-electron chi connectivity index (χ4n) is 3.44. The highest BCUT2D eigenvalue weighted by Gasteiger charge is 2.32. The molecule has 0 bridgehead atoms. The molecule has 1 heterocycles.